The van der Waals surface area contributed by atoms with Crippen LogP contribution in [0.4, 0.5) is 40.9 Å². The van der Waals surface area contributed by atoms with Gasteiger partial charge in [0.15, 0.2) is 11.5 Å². The van der Waals surface area contributed by atoms with E-state index in [1.807, 2.05) is 31.2 Å². The lowest BCUT2D eigenvalue weighted by Gasteiger charge is -2.20. The number of hydrogen-bond acceptors (Lipinski definition) is 7. The first-order chi connectivity index (χ1) is 20.5. The quantitative estimate of drug-likeness (QED) is 0.168. The van der Waals surface area contributed by atoms with Crippen LogP contribution in [0.5, 0.6) is 0 Å². The number of aromatic nitrogens is 5. The van der Waals surface area contributed by atoms with E-state index in [0.717, 1.165) is 17.0 Å². The van der Waals surface area contributed by atoms with Gasteiger partial charge in [0, 0.05) is 23.2 Å². The second-order valence-electron chi connectivity index (χ2n) is 8.56. The Morgan fingerprint density at radius 3 is 2.02 bits per heavy atom. The minimum atomic E-state index is -5.08. The minimum Gasteiger partial charge on any atom is -0.475 e. The molecule has 0 aliphatic rings. The van der Waals surface area contributed by atoms with E-state index in [0.29, 0.717) is 33.6 Å². The fourth-order valence-electron chi connectivity index (χ4n) is 3.68. The summed E-state index contributed by atoms with van der Waals surface area (Å²) in [5.74, 6) is -6.21. The minimum absolute atomic E-state index is 0.251. The number of pyridine rings is 1. The van der Waals surface area contributed by atoms with Gasteiger partial charge in [-0.05, 0) is 36.2 Å². The highest BCUT2D eigenvalue weighted by molar-refractivity contribution is 5.96. The topological polar surface area (TPSA) is 154 Å². The van der Waals surface area contributed by atoms with Crippen molar-refractivity contribution in [3.8, 4) is 11.1 Å². The third kappa shape index (κ3) is 8.33. The second-order valence-corrected chi connectivity index (χ2v) is 8.56. The van der Waals surface area contributed by atoms with Gasteiger partial charge in [0.25, 0.3) is 0 Å². The highest BCUT2D eigenvalue weighted by Gasteiger charge is 2.38. The van der Waals surface area contributed by atoms with Crippen molar-refractivity contribution in [1.82, 2.24) is 24.9 Å². The Labute approximate surface area is 240 Å². The van der Waals surface area contributed by atoms with Crippen molar-refractivity contribution in [1.29, 1.82) is 0 Å². The predicted molar refractivity (Wildman–Crippen MR) is 138 cm³/mol. The van der Waals surface area contributed by atoms with Crippen molar-refractivity contribution in [2.75, 3.05) is 5.32 Å². The van der Waals surface area contributed by atoms with Crippen molar-refractivity contribution < 1.29 is 54.9 Å². The molecule has 0 saturated heterocycles. The zero-order valence-electron chi connectivity index (χ0n) is 21.9. The number of carboxylic acids is 2. The molecule has 3 heterocycles. The largest absolute Gasteiger partial charge is 0.490 e. The molecule has 5 rings (SSSR count). The van der Waals surface area contributed by atoms with Crippen LogP contribution in [-0.2, 0) is 9.59 Å². The Morgan fingerprint density at radius 2 is 1.45 bits per heavy atom. The molecule has 3 aromatic heterocycles. The number of halogens is 8. The number of rotatable bonds is 4. The summed E-state index contributed by atoms with van der Waals surface area (Å²) in [6.07, 6.45) is -5.51. The molecule has 0 aliphatic carbocycles. The molecular formula is C26H18F8N6O4. The summed E-state index contributed by atoms with van der Waals surface area (Å²) in [7, 11) is 0. The monoisotopic (exact) mass is 630 g/mol. The Hall–Kier alpha value is -5.42. The predicted octanol–water partition coefficient (Wildman–Crippen LogP) is 6.29. The molecule has 10 nitrogen and oxygen atoms in total. The average Bonchev–Trinajstić information content (AvgIpc) is 3.41. The third-order valence-corrected chi connectivity index (χ3v) is 5.49. The molecule has 0 fully saturated rings. The van der Waals surface area contributed by atoms with Crippen molar-refractivity contribution in [3.05, 3.63) is 78.5 Å². The summed E-state index contributed by atoms with van der Waals surface area (Å²) >= 11 is 0. The molecule has 0 spiro atoms. The maximum atomic E-state index is 14.0. The van der Waals surface area contributed by atoms with Gasteiger partial charge in [-0.1, -0.05) is 18.2 Å². The molecular weight excluding hydrogens is 612 g/mol. The Balaban J connectivity index is 0.000000317. The summed E-state index contributed by atoms with van der Waals surface area (Å²) in [6.45, 7) is 1.95. The van der Waals surface area contributed by atoms with Crippen LogP contribution in [0.25, 0.3) is 33.2 Å². The van der Waals surface area contributed by atoms with Crippen LogP contribution in [0.15, 0.2) is 61.3 Å². The van der Waals surface area contributed by atoms with E-state index in [4.69, 9.17) is 19.8 Å². The Bertz CT molecular complexity index is 1750. The van der Waals surface area contributed by atoms with Crippen LogP contribution >= 0.6 is 0 Å². The van der Waals surface area contributed by atoms with Gasteiger partial charge in [0.05, 0.1) is 17.9 Å². The molecule has 0 aliphatic heterocycles. The maximum absolute atomic E-state index is 14.0. The molecule has 232 valence electrons. The normalized spacial score (nSPS) is 12.0. The number of fused-ring (bicyclic) bond motifs is 2. The number of alkyl halides is 6. The summed E-state index contributed by atoms with van der Waals surface area (Å²) in [5, 5.41) is 18.5. The fraction of sp³-hybridized carbons (Fsp3) is 0.154. The highest BCUT2D eigenvalue weighted by atomic mass is 19.4. The number of benzene rings is 2. The van der Waals surface area contributed by atoms with Gasteiger partial charge >= 0.3 is 24.3 Å². The second kappa shape index (κ2) is 13.3. The molecule has 18 heteroatoms. The van der Waals surface area contributed by atoms with Gasteiger partial charge in [-0.15, -0.1) is 0 Å². The first kappa shape index (κ1) is 33.1. The summed E-state index contributed by atoms with van der Waals surface area (Å²) < 4.78 is 91.5. The molecule has 4 N–H and O–H groups in total. The van der Waals surface area contributed by atoms with Crippen molar-refractivity contribution >= 4 is 39.8 Å². The molecule has 0 bridgehead atoms. The maximum Gasteiger partial charge on any atom is 0.490 e. The van der Waals surface area contributed by atoms with Crippen molar-refractivity contribution in [2.24, 2.45) is 0 Å². The molecule has 5 aromatic rings. The van der Waals surface area contributed by atoms with Gasteiger partial charge in [-0.3, -0.25) is 4.98 Å². The third-order valence-electron chi connectivity index (χ3n) is 5.49. The lowest BCUT2D eigenvalue weighted by molar-refractivity contribution is -0.193. The number of aromatic amines is 1. The summed E-state index contributed by atoms with van der Waals surface area (Å²) in [4.78, 5) is 37.9. The summed E-state index contributed by atoms with van der Waals surface area (Å²) in [6, 6.07) is 10.9. The van der Waals surface area contributed by atoms with Crippen LogP contribution in [0, 0.1) is 11.6 Å². The van der Waals surface area contributed by atoms with Crippen LogP contribution in [0.3, 0.4) is 0 Å². The molecule has 0 saturated carbocycles. The van der Waals surface area contributed by atoms with Gasteiger partial charge < -0.3 is 20.5 Å². The van der Waals surface area contributed by atoms with Crippen LogP contribution < -0.4 is 5.32 Å². The molecule has 44 heavy (non-hydrogen) atoms. The Morgan fingerprint density at radius 1 is 0.864 bits per heavy atom. The van der Waals surface area contributed by atoms with Crippen LogP contribution in [-0.4, -0.2) is 59.4 Å². The van der Waals surface area contributed by atoms with Crippen molar-refractivity contribution in [3.63, 3.8) is 0 Å². The first-order valence-electron chi connectivity index (χ1n) is 11.8. The number of nitrogens with one attached hydrogen (secondary N) is 2. The number of H-pyrrole nitrogens is 1. The number of imidazole rings is 1. The SMILES string of the molecule is CC(Nc1ncnc2nc[nH]c12)c1ccc2cccnc2c1-c1cc(F)cc(F)c1.O=C(O)C(F)(F)F.O=C(O)C(F)(F)F. The lowest BCUT2D eigenvalue weighted by atomic mass is 9.92. The van der Waals surface area contributed by atoms with E-state index >= 15 is 0 Å². The van der Waals surface area contributed by atoms with E-state index in [1.54, 1.807) is 12.5 Å². The van der Waals surface area contributed by atoms with Crippen molar-refractivity contribution in [2.45, 2.75) is 25.3 Å². The van der Waals surface area contributed by atoms with E-state index in [9.17, 15) is 35.1 Å². The van der Waals surface area contributed by atoms with Gasteiger partial charge in [0.2, 0.25) is 0 Å². The lowest BCUT2D eigenvalue weighted by Crippen LogP contribution is -2.21. The molecule has 0 radical (unpaired) electrons. The van der Waals surface area contributed by atoms with E-state index in [2.05, 4.69) is 30.2 Å². The highest BCUT2D eigenvalue weighted by Crippen LogP contribution is 2.36. The first-order valence-corrected chi connectivity index (χ1v) is 11.8. The van der Waals surface area contributed by atoms with Gasteiger partial charge in [-0.2, -0.15) is 26.3 Å². The number of aliphatic carboxylic acids is 2. The van der Waals surface area contributed by atoms with E-state index in [-0.39, 0.29) is 6.04 Å². The zero-order valence-corrected chi connectivity index (χ0v) is 21.9. The Kier molecular flexibility index (Phi) is 9.97. The summed E-state index contributed by atoms with van der Waals surface area (Å²) in [5.41, 5.74) is 3.82. The average molecular weight is 630 g/mol. The van der Waals surface area contributed by atoms with E-state index < -0.39 is 35.9 Å². The standard InChI is InChI=1S/C22H16F2N6.2C2HF3O2/c1-12(30-22-20-21(27-10-26-20)28-11-29-22)17-5-4-13-3-2-6-25-19(13)18(17)14-7-15(23)9-16(24)8-14;2*3-2(4,5)1(6)7/h2-12H,1H3,(H2,26,27,28,29,30);2*(H,6,7). The van der Waals surface area contributed by atoms with Crippen LogP contribution in [0.1, 0.15) is 18.5 Å². The number of hydrogen-bond donors (Lipinski definition) is 4. The van der Waals surface area contributed by atoms with Gasteiger partial charge in [-0.25, -0.2) is 33.3 Å². The molecule has 1 unspecified atom stereocenters. The number of nitrogens with zero attached hydrogens (tertiary/aromatic N) is 4. The number of carboxylic acid groups (broad SMARTS) is 2. The van der Waals surface area contributed by atoms with Gasteiger partial charge in [0.1, 0.15) is 23.5 Å². The molecule has 0 amide bonds. The number of anilines is 1. The smallest absolute Gasteiger partial charge is 0.475 e. The zero-order chi connectivity index (χ0) is 32.8. The fourth-order valence-corrected chi connectivity index (χ4v) is 3.68. The molecule has 2 aromatic carbocycles. The number of carbonyl (C=O) groups is 2. The molecule has 1 atom stereocenters. The van der Waals surface area contributed by atoms with Crippen LogP contribution in [0.2, 0.25) is 0 Å². The van der Waals surface area contributed by atoms with E-state index in [1.165, 1.54) is 18.5 Å².